The summed E-state index contributed by atoms with van der Waals surface area (Å²) in [4.78, 5) is 3.82. The highest BCUT2D eigenvalue weighted by atomic mass is 16.3. The molecule has 0 spiro atoms. The summed E-state index contributed by atoms with van der Waals surface area (Å²) in [5, 5.41) is 9.28. The van der Waals surface area contributed by atoms with Crippen LogP contribution in [0.1, 0.15) is 5.56 Å². The van der Waals surface area contributed by atoms with Crippen LogP contribution >= 0.6 is 0 Å². The molecule has 11 heavy (non-hydrogen) atoms. The first-order valence-electron chi connectivity index (χ1n) is 3.26. The lowest BCUT2D eigenvalue weighted by molar-refractivity contribution is 0.512. The van der Waals surface area contributed by atoms with E-state index in [0.29, 0.717) is 0 Å². The maximum atomic E-state index is 9.28. The molecule has 0 fully saturated rings. The maximum Gasteiger partial charge on any atom is 0.122 e. The predicted octanol–water partition coefficient (Wildman–Crippen LogP) is 2.17. The molecule has 0 aliphatic carbocycles. The quantitative estimate of drug-likeness (QED) is 0.513. The van der Waals surface area contributed by atoms with Gasteiger partial charge in [0.05, 0.1) is 0 Å². The van der Waals surface area contributed by atoms with Crippen molar-refractivity contribution in [3.63, 3.8) is 0 Å². The van der Waals surface area contributed by atoms with Gasteiger partial charge >= 0.3 is 0 Å². The lowest BCUT2D eigenvalue weighted by Gasteiger charge is -1.95. The number of hydrogen-bond donors (Lipinski definition) is 1. The molecule has 0 aliphatic rings. The molecule has 0 atom stereocenters. The molecule has 0 saturated carbocycles. The second kappa shape index (κ2) is 3.56. The van der Waals surface area contributed by atoms with Crippen LogP contribution in [0.15, 0.2) is 43.3 Å². The highest BCUT2D eigenvalue weighted by Gasteiger charge is 1.93. The number of hydrogen-bond acceptors (Lipinski definition) is 2. The molecule has 1 N–H and O–H groups in total. The Morgan fingerprint density at radius 2 is 2.09 bits per heavy atom. The van der Waals surface area contributed by atoms with Gasteiger partial charge in [0, 0.05) is 18.0 Å². The molecule has 0 bridgehead atoms. The van der Waals surface area contributed by atoms with E-state index in [1.54, 1.807) is 24.5 Å². The van der Waals surface area contributed by atoms with Gasteiger partial charge < -0.3 is 5.11 Å². The monoisotopic (exact) mass is 147 g/mol. The van der Waals surface area contributed by atoms with Crippen molar-refractivity contribution in [3.05, 3.63) is 48.8 Å². The SMILES string of the molecule is C=C/C=C(/O)c1ccncc1. The fourth-order valence-corrected chi connectivity index (χ4v) is 0.731. The number of aliphatic hydroxyl groups is 1. The fourth-order valence-electron chi connectivity index (χ4n) is 0.731. The molecule has 0 saturated heterocycles. The molecular weight excluding hydrogens is 138 g/mol. The van der Waals surface area contributed by atoms with Gasteiger partial charge in [-0.2, -0.15) is 0 Å². The normalized spacial score (nSPS) is 11.1. The van der Waals surface area contributed by atoms with Gasteiger partial charge in [0.2, 0.25) is 0 Å². The van der Waals surface area contributed by atoms with Crippen molar-refractivity contribution in [2.45, 2.75) is 0 Å². The molecule has 2 nitrogen and oxygen atoms in total. The Hall–Kier alpha value is -1.57. The number of nitrogens with zero attached hydrogens (tertiary/aromatic N) is 1. The summed E-state index contributed by atoms with van der Waals surface area (Å²) in [7, 11) is 0. The summed E-state index contributed by atoms with van der Waals surface area (Å²) in [6, 6.07) is 3.46. The predicted molar refractivity (Wildman–Crippen MR) is 45.0 cm³/mol. The van der Waals surface area contributed by atoms with Crippen LogP contribution < -0.4 is 0 Å². The Morgan fingerprint density at radius 3 is 2.64 bits per heavy atom. The van der Waals surface area contributed by atoms with Crippen molar-refractivity contribution in [2.24, 2.45) is 0 Å². The summed E-state index contributed by atoms with van der Waals surface area (Å²) in [5.74, 6) is 0.211. The Morgan fingerprint density at radius 1 is 1.45 bits per heavy atom. The second-order valence-electron chi connectivity index (χ2n) is 2.02. The van der Waals surface area contributed by atoms with E-state index in [1.165, 1.54) is 12.2 Å². The van der Waals surface area contributed by atoms with Crippen molar-refractivity contribution < 1.29 is 5.11 Å². The minimum absolute atomic E-state index is 0.211. The molecule has 56 valence electrons. The van der Waals surface area contributed by atoms with Crippen molar-refractivity contribution in [1.82, 2.24) is 4.98 Å². The van der Waals surface area contributed by atoms with Crippen LogP contribution in [0.2, 0.25) is 0 Å². The van der Waals surface area contributed by atoms with Crippen LogP contribution in [0.3, 0.4) is 0 Å². The molecule has 2 heteroatoms. The number of rotatable bonds is 2. The van der Waals surface area contributed by atoms with Crippen molar-refractivity contribution in [1.29, 1.82) is 0 Å². The van der Waals surface area contributed by atoms with Crippen LogP contribution in [0.5, 0.6) is 0 Å². The molecule has 0 amide bonds. The Kier molecular flexibility index (Phi) is 2.44. The fraction of sp³-hybridized carbons (Fsp3) is 0. The third kappa shape index (κ3) is 1.93. The minimum Gasteiger partial charge on any atom is -0.507 e. The molecule has 0 radical (unpaired) electrons. The van der Waals surface area contributed by atoms with E-state index >= 15 is 0 Å². The lowest BCUT2D eigenvalue weighted by Crippen LogP contribution is -1.81. The van der Waals surface area contributed by atoms with E-state index in [9.17, 15) is 5.11 Å². The first-order chi connectivity index (χ1) is 5.34. The number of aliphatic hydroxyl groups excluding tert-OH is 1. The molecule has 1 heterocycles. The van der Waals surface area contributed by atoms with Gasteiger partial charge in [-0.05, 0) is 18.2 Å². The Balaban J connectivity index is 2.94. The van der Waals surface area contributed by atoms with E-state index in [2.05, 4.69) is 11.6 Å². The summed E-state index contributed by atoms with van der Waals surface area (Å²) in [6.45, 7) is 3.47. The molecule has 0 aliphatic heterocycles. The van der Waals surface area contributed by atoms with Gasteiger partial charge in [0.15, 0.2) is 0 Å². The molecule has 1 aromatic heterocycles. The molecular formula is C9H9NO. The van der Waals surface area contributed by atoms with Crippen LogP contribution in [-0.2, 0) is 0 Å². The van der Waals surface area contributed by atoms with Crippen LogP contribution in [-0.4, -0.2) is 10.1 Å². The van der Waals surface area contributed by atoms with E-state index in [4.69, 9.17) is 0 Å². The summed E-state index contributed by atoms with van der Waals surface area (Å²) >= 11 is 0. The zero-order chi connectivity index (χ0) is 8.10. The van der Waals surface area contributed by atoms with Gasteiger partial charge in [0.25, 0.3) is 0 Å². The van der Waals surface area contributed by atoms with E-state index in [1.807, 2.05) is 0 Å². The minimum atomic E-state index is 0.211. The van der Waals surface area contributed by atoms with Gasteiger partial charge in [0.1, 0.15) is 5.76 Å². The first-order valence-corrected chi connectivity index (χ1v) is 3.26. The summed E-state index contributed by atoms with van der Waals surface area (Å²) in [5.41, 5.74) is 0.750. The largest absolute Gasteiger partial charge is 0.507 e. The number of aromatic nitrogens is 1. The van der Waals surface area contributed by atoms with Crippen LogP contribution in [0, 0.1) is 0 Å². The van der Waals surface area contributed by atoms with Gasteiger partial charge in [-0.15, -0.1) is 0 Å². The maximum absolute atomic E-state index is 9.28. The van der Waals surface area contributed by atoms with Gasteiger partial charge in [-0.25, -0.2) is 0 Å². The third-order valence-corrected chi connectivity index (χ3v) is 1.25. The highest BCUT2D eigenvalue weighted by molar-refractivity contribution is 5.58. The molecule has 1 aromatic rings. The van der Waals surface area contributed by atoms with Crippen LogP contribution in [0.25, 0.3) is 5.76 Å². The summed E-state index contributed by atoms with van der Waals surface area (Å²) < 4.78 is 0. The zero-order valence-electron chi connectivity index (χ0n) is 6.07. The standard InChI is InChI=1S/C9H9NO/c1-2-3-9(11)8-4-6-10-7-5-8/h2-7,11H,1H2/b9-3+. The molecule has 0 aromatic carbocycles. The van der Waals surface area contributed by atoms with E-state index in [-0.39, 0.29) is 5.76 Å². The Bertz CT molecular complexity index is 264. The lowest BCUT2D eigenvalue weighted by atomic mass is 10.2. The second-order valence-corrected chi connectivity index (χ2v) is 2.02. The average Bonchev–Trinajstić information content (AvgIpc) is 2.07. The molecule has 1 rings (SSSR count). The number of allylic oxidation sites excluding steroid dienone is 2. The number of pyridine rings is 1. The smallest absolute Gasteiger partial charge is 0.122 e. The summed E-state index contributed by atoms with van der Waals surface area (Å²) in [6.07, 6.45) is 6.33. The van der Waals surface area contributed by atoms with E-state index < -0.39 is 0 Å². The van der Waals surface area contributed by atoms with Gasteiger partial charge in [-0.1, -0.05) is 12.7 Å². The average molecular weight is 147 g/mol. The van der Waals surface area contributed by atoms with Gasteiger partial charge in [-0.3, -0.25) is 4.98 Å². The zero-order valence-corrected chi connectivity index (χ0v) is 6.07. The van der Waals surface area contributed by atoms with Crippen molar-refractivity contribution in [2.75, 3.05) is 0 Å². The van der Waals surface area contributed by atoms with Crippen LogP contribution in [0.4, 0.5) is 0 Å². The van der Waals surface area contributed by atoms with E-state index in [0.717, 1.165) is 5.56 Å². The van der Waals surface area contributed by atoms with Crippen molar-refractivity contribution in [3.8, 4) is 0 Å². The highest BCUT2D eigenvalue weighted by Crippen LogP contribution is 2.08. The van der Waals surface area contributed by atoms with Crippen molar-refractivity contribution >= 4 is 5.76 Å². The topological polar surface area (TPSA) is 33.1 Å². The Labute approximate surface area is 65.5 Å². The third-order valence-electron chi connectivity index (χ3n) is 1.25. The first kappa shape index (κ1) is 7.54. The molecule has 0 unspecified atom stereocenters.